The first-order chi connectivity index (χ1) is 16.6. The minimum absolute atomic E-state index is 0.0225. The molecular weight excluding hydrogens is 452 g/mol. The number of carbonyl (C=O) groups is 1. The fourth-order valence-electron chi connectivity index (χ4n) is 5.32. The average Bonchev–Trinajstić information content (AvgIpc) is 3.44. The first kappa shape index (κ1) is 23.4. The number of para-hydroxylation sites is 1. The third-order valence-electron chi connectivity index (χ3n) is 7.20. The van der Waals surface area contributed by atoms with Crippen LogP contribution in [0.5, 0.6) is 0 Å². The summed E-state index contributed by atoms with van der Waals surface area (Å²) in [7, 11) is 0. The summed E-state index contributed by atoms with van der Waals surface area (Å²) >= 11 is 1.42. The largest absolute Gasteiger partial charge is 0.390 e. The lowest BCUT2D eigenvalue weighted by Gasteiger charge is -2.43. The van der Waals surface area contributed by atoms with Crippen LogP contribution in [0, 0.1) is 25.7 Å². The lowest BCUT2D eigenvalue weighted by molar-refractivity contribution is 0.0868. The van der Waals surface area contributed by atoms with Gasteiger partial charge in [0.2, 0.25) is 0 Å². The van der Waals surface area contributed by atoms with E-state index in [2.05, 4.69) is 67.2 Å². The van der Waals surface area contributed by atoms with E-state index in [0.29, 0.717) is 4.88 Å². The highest BCUT2D eigenvalue weighted by Gasteiger charge is 2.40. The molecule has 3 N–H and O–H groups in total. The molecule has 5 heteroatoms. The highest BCUT2D eigenvalue weighted by atomic mass is 32.1. The monoisotopic (exact) mass is 482 g/mol. The summed E-state index contributed by atoms with van der Waals surface area (Å²) in [5.41, 5.74) is 8.73. The molecule has 4 nitrogen and oxygen atoms in total. The van der Waals surface area contributed by atoms with E-state index in [4.69, 9.17) is 0 Å². The first-order valence-electron chi connectivity index (χ1n) is 11.9. The molecule has 1 aliphatic rings. The number of nitrogens with one attached hydrogen (secondary N) is 2. The Morgan fingerprint density at radius 1 is 1.11 bits per heavy atom. The van der Waals surface area contributed by atoms with Crippen LogP contribution in [0.15, 0.2) is 41.9 Å². The molecule has 0 amide bonds. The normalized spacial score (nSPS) is 18.5. The van der Waals surface area contributed by atoms with Gasteiger partial charge in [-0.05, 0) is 68.8 Å². The van der Waals surface area contributed by atoms with Gasteiger partial charge >= 0.3 is 0 Å². The maximum absolute atomic E-state index is 12.1. The van der Waals surface area contributed by atoms with Crippen molar-refractivity contribution < 1.29 is 9.90 Å². The first-order valence-corrected chi connectivity index (χ1v) is 12.8. The third kappa shape index (κ3) is 3.78. The van der Waals surface area contributed by atoms with Crippen LogP contribution in [0.3, 0.4) is 0 Å². The van der Waals surface area contributed by atoms with Gasteiger partial charge in [0.15, 0.2) is 5.78 Å². The number of fused-ring (bicyclic) bond motifs is 2. The minimum atomic E-state index is -0.581. The van der Waals surface area contributed by atoms with E-state index in [9.17, 15) is 9.90 Å². The molecule has 1 aliphatic heterocycles. The van der Waals surface area contributed by atoms with Gasteiger partial charge < -0.3 is 15.4 Å². The number of H-pyrrole nitrogens is 1. The number of thiophene rings is 1. The summed E-state index contributed by atoms with van der Waals surface area (Å²) in [6, 6.07) is 10.4. The van der Waals surface area contributed by atoms with E-state index in [1.54, 1.807) is 6.92 Å². The van der Waals surface area contributed by atoms with E-state index < -0.39 is 11.6 Å². The van der Waals surface area contributed by atoms with Gasteiger partial charge in [0.05, 0.1) is 22.0 Å². The van der Waals surface area contributed by atoms with Crippen LogP contribution < -0.4 is 5.32 Å². The maximum atomic E-state index is 12.1. The molecule has 35 heavy (non-hydrogen) atoms. The number of aliphatic hydroxyl groups is 1. The molecule has 0 bridgehead atoms. The number of Topliss-reactive ketones (excluding diaryl/α,β-unsaturated/α-hetero) is 1. The predicted molar refractivity (Wildman–Crippen MR) is 146 cm³/mol. The number of hydrogen-bond acceptors (Lipinski definition) is 4. The van der Waals surface area contributed by atoms with Crippen molar-refractivity contribution >= 4 is 33.7 Å². The lowest BCUT2D eigenvalue weighted by atomic mass is 9.75. The topological polar surface area (TPSA) is 65.1 Å². The fraction of sp³-hybridized carbons (Fsp3) is 0.300. The quantitative estimate of drug-likeness (QED) is 0.218. The Morgan fingerprint density at radius 2 is 1.89 bits per heavy atom. The van der Waals surface area contributed by atoms with Gasteiger partial charge in [0.25, 0.3) is 0 Å². The van der Waals surface area contributed by atoms with Gasteiger partial charge in [-0.15, -0.1) is 11.3 Å². The average molecular weight is 483 g/mol. The summed E-state index contributed by atoms with van der Waals surface area (Å²) in [4.78, 5) is 16.2. The molecule has 3 heterocycles. The Labute approximate surface area is 210 Å². The van der Waals surface area contributed by atoms with Gasteiger partial charge in [-0.25, -0.2) is 0 Å². The van der Waals surface area contributed by atoms with Crippen molar-refractivity contribution in [2.75, 3.05) is 5.32 Å². The smallest absolute Gasteiger partial charge is 0.170 e. The molecule has 0 fully saturated rings. The van der Waals surface area contributed by atoms with E-state index in [1.807, 2.05) is 31.5 Å². The molecule has 5 rings (SSSR count). The molecule has 2 atom stereocenters. The van der Waals surface area contributed by atoms with E-state index >= 15 is 0 Å². The Hall–Kier alpha value is -3.33. The summed E-state index contributed by atoms with van der Waals surface area (Å²) in [5, 5.41) is 17.9. The molecule has 0 saturated heterocycles. The van der Waals surface area contributed by atoms with Crippen LogP contribution in [0.4, 0.5) is 5.69 Å². The number of carbonyl (C=O) groups excluding carboxylic acids is 1. The van der Waals surface area contributed by atoms with Crippen LogP contribution in [0.1, 0.15) is 71.1 Å². The standard InChI is InChI=1S/C30H30N2O2S/c1-16-14-24(23-9-7-8-21-17(2)15-31-27(21)23)22(11-10-20-12-13-35-28(20)19(4)33)25-18(3)29(34)30(5,6)32-26(16)25/h7-9,12-15,18,29,31-32,34H,1-6H3. The number of ketones is 1. The number of aliphatic hydroxyl groups excluding tert-OH is 1. The summed E-state index contributed by atoms with van der Waals surface area (Å²) in [6.45, 7) is 11.9. The molecule has 0 aliphatic carbocycles. The van der Waals surface area contributed by atoms with Crippen molar-refractivity contribution in [1.82, 2.24) is 4.98 Å². The highest BCUT2D eigenvalue weighted by molar-refractivity contribution is 7.12. The second-order valence-electron chi connectivity index (χ2n) is 10.2. The zero-order chi connectivity index (χ0) is 25.1. The van der Waals surface area contributed by atoms with E-state index in [-0.39, 0.29) is 11.7 Å². The summed E-state index contributed by atoms with van der Waals surface area (Å²) in [6.07, 6.45) is 1.45. The van der Waals surface area contributed by atoms with Crippen molar-refractivity contribution in [3.8, 4) is 23.0 Å². The Bertz CT molecular complexity index is 1540. The second kappa shape index (κ2) is 8.41. The van der Waals surface area contributed by atoms with Crippen molar-refractivity contribution in [3.63, 3.8) is 0 Å². The molecule has 178 valence electrons. The molecule has 0 spiro atoms. The van der Waals surface area contributed by atoms with Crippen LogP contribution in [-0.2, 0) is 0 Å². The van der Waals surface area contributed by atoms with Crippen molar-refractivity contribution in [3.05, 3.63) is 74.6 Å². The number of aryl methyl sites for hydroxylation is 2. The number of aromatic amines is 1. The van der Waals surface area contributed by atoms with Crippen molar-refractivity contribution in [2.45, 2.75) is 59.1 Å². The number of hydrogen-bond donors (Lipinski definition) is 3. The fourth-order valence-corrected chi connectivity index (χ4v) is 6.07. The van der Waals surface area contributed by atoms with Gasteiger partial charge in [-0.2, -0.15) is 0 Å². The molecule has 2 aromatic carbocycles. The van der Waals surface area contributed by atoms with Crippen LogP contribution in [-0.4, -0.2) is 27.5 Å². The number of anilines is 1. The number of benzene rings is 2. The Balaban J connectivity index is 1.84. The predicted octanol–water partition coefficient (Wildman–Crippen LogP) is 6.78. The minimum Gasteiger partial charge on any atom is -0.390 e. The van der Waals surface area contributed by atoms with Crippen LogP contribution in [0.2, 0.25) is 0 Å². The molecule has 4 aromatic rings. The molecule has 2 aromatic heterocycles. The number of rotatable bonds is 2. The zero-order valence-corrected chi connectivity index (χ0v) is 21.8. The van der Waals surface area contributed by atoms with Crippen LogP contribution >= 0.6 is 11.3 Å². The van der Waals surface area contributed by atoms with Crippen LogP contribution in [0.25, 0.3) is 22.0 Å². The SMILES string of the molecule is CC(=O)c1sccc1C#Cc1c(-c2cccc3c(C)c[nH]c23)cc(C)c2c1C(C)C(O)C(C)(C)N2. The molecule has 0 saturated carbocycles. The second-order valence-corrected chi connectivity index (χ2v) is 11.1. The lowest BCUT2D eigenvalue weighted by Crippen LogP contribution is -2.50. The summed E-state index contributed by atoms with van der Waals surface area (Å²) < 4.78 is 0. The zero-order valence-electron chi connectivity index (χ0n) is 21.0. The Morgan fingerprint density at radius 3 is 2.63 bits per heavy atom. The van der Waals surface area contributed by atoms with Crippen molar-refractivity contribution in [1.29, 1.82) is 0 Å². The van der Waals surface area contributed by atoms with E-state index in [0.717, 1.165) is 44.6 Å². The highest BCUT2D eigenvalue weighted by Crippen LogP contribution is 2.46. The molecule has 0 radical (unpaired) electrons. The van der Waals surface area contributed by atoms with Gasteiger partial charge in [-0.1, -0.05) is 37.0 Å². The Kier molecular flexibility index (Phi) is 5.62. The van der Waals surface area contributed by atoms with Gasteiger partial charge in [-0.3, -0.25) is 4.79 Å². The van der Waals surface area contributed by atoms with Gasteiger partial charge in [0.1, 0.15) is 0 Å². The molecule has 2 unspecified atom stereocenters. The van der Waals surface area contributed by atoms with Gasteiger partial charge in [0, 0.05) is 45.4 Å². The number of aromatic nitrogens is 1. The maximum Gasteiger partial charge on any atom is 0.170 e. The van der Waals surface area contributed by atoms with E-state index in [1.165, 1.54) is 22.3 Å². The third-order valence-corrected chi connectivity index (χ3v) is 8.21. The van der Waals surface area contributed by atoms with Crippen molar-refractivity contribution in [2.24, 2.45) is 0 Å². The molecular formula is C30H30N2O2S. The summed E-state index contributed by atoms with van der Waals surface area (Å²) in [5.74, 6) is 6.65.